The van der Waals surface area contributed by atoms with Gasteiger partial charge in [-0.1, -0.05) is 70.5 Å². The molecule has 5 rings (SSSR count). The number of hydrogen-bond acceptors (Lipinski definition) is 6. The van der Waals surface area contributed by atoms with Gasteiger partial charge in [0.1, 0.15) is 5.75 Å². The third-order valence-corrected chi connectivity index (χ3v) is 6.86. The summed E-state index contributed by atoms with van der Waals surface area (Å²) in [6.07, 6.45) is 7.22. The van der Waals surface area contributed by atoms with Gasteiger partial charge in [-0.05, 0) is 51.1 Å². The molecule has 39 heavy (non-hydrogen) atoms. The lowest BCUT2D eigenvalue weighted by Crippen LogP contribution is -2.27. The van der Waals surface area contributed by atoms with E-state index < -0.39 is 0 Å². The third kappa shape index (κ3) is 5.12. The van der Waals surface area contributed by atoms with Crippen LogP contribution in [-0.4, -0.2) is 41.9 Å². The number of imidazole rings is 1. The molecule has 5 aromatic rings. The highest BCUT2D eigenvalue weighted by molar-refractivity contribution is 5.79. The standard InChI is InChI=1S/C30H33N7O2/c1-6-8-22-19-37(27-25(30(2,3)4)9-7-10-26(27)39-5)29(38)36(22)18-20-11-13-21(14-12-20)24-17-31-16-15-23(24)28-32-34-35-33-28/h7,9-17,19H,6,8,18H2,1-5H3,(H,32,33,34,35). The summed E-state index contributed by atoms with van der Waals surface area (Å²) in [5.41, 5.74) is 6.40. The van der Waals surface area contributed by atoms with Gasteiger partial charge in [0.05, 0.1) is 19.3 Å². The van der Waals surface area contributed by atoms with Crippen LogP contribution in [0.15, 0.2) is 71.9 Å². The third-order valence-electron chi connectivity index (χ3n) is 6.86. The maximum Gasteiger partial charge on any atom is 0.333 e. The Labute approximate surface area is 227 Å². The highest BCUT2D eigenvalue weighted by Crippen LogP contribution is 2.34. The molecule has 0 amide bonds. The minimum absolute atomic E-state index is 0.0788. The van der Waals surface area contributed by atoms with E-state index >= 15 is 0 Å². The summed E-state index contributed by atoms with van der Waals surface area (Å²) in [5.74, 6) is 1.27. The molecule has 0 saturated carbocycles. The first kappa shape index (κ1) is 26.1. The second kappa shape index (κ2) is 10.7. The molecular weight excluding hydrogens is 490 g/mol. The summed E-state index contributed by atoms with van der Waals surface area (Å²) in [7, 11) is 1.65. The van der Waals surface area contributed by atoms with Gasteiger partial charge in [0.25, 0.3) is 0 Å². The van der Waals surface area contributed by atoms with Gasteiger partial charge in [0.2, 0.25) is 0 Å². The normalized spacial score (nSPS) is 11.6. The van der Waals surface area contributed by atoms with Gasteiger partial charge in [0, 0.05) is 35.4 Å². The predicted octanol–water partition coefficient (Wildman–Crippen LogP) is 5.19. The Kier molecular flexibility index (Phi) is 7.15. The number of H-pyrrole nitrogens is 1. The van der Waals surface area contributed by atoms with Gasteiger partial charge in [-0.2, -0.15) is 0 Å². The van der Waals surface area contributed by atoms with E-state index in [9.17, 15) is 4.79 Å². The molecule has 9 nitrogen and oxygen atoms in total. The number of pyridine rings is 1. The van der Waals surface area contributed by atoms with Gasteiger partial charge in [0.15, 0.2) is 5.82 Å². The maximum atomic E-state index is 13.9. The first-order chi connectivity index (χ1) is 18.8. The number of aromatic amines is 1. The fraction of sp³-hybridized carbons (Fsp3) is 0.300. The summed E-state index contributed by atoms with van der Waals surface area (Å²) in [5, 5.41) is 14.3. The van der Waals surface area contributed by atoms with Crippen LogP contribution in [0.3, 0.4) is 0 Å². The average Bonchev–Trinajstić information content (AvgIpc) is 3.58. The Morgan fingerprint density at radius 2 is 1.82 bits per heavy atom. The number of hydrogen-bond donors (Lipinski definition) is 1. The van der Waals surface area contributed by atoms with Crippen molar-refractivity contribution in [2.24, 2.45) is 0 Å². The van der Waals surface area contributed by atoms with Crippen molar-refractivity contribution in [2.75, 3.05) is 7.11 Å². The molecule has 200 valence electrons. The second-order valence-corrected chi connectivity index (χ2v) is 10.6. The van der Waals surface area contributed by atoms with Gasteiger partial charge in [-0.3, -0.25) is 14.1 Å². The average molecular weight is 524 g/mol. The lowest BCUT2D eigenvalue weighted by molar-refractivity contribution is 0.410. The van der Waals surface area contributed by atoms with Crippen LogP contribution in [0.2, 0.25) is 0 Å². The summed E-state index contributed by atoms with van der Waals surface area (Å²) in [6.45, 7) is 9.03. The SMILES string of the molecule is CCCc1cn(-c2c(OC)cccc2C(C)(C)C)c(=O)n1Cc1ccc(-c2cnccc2-c2nnn[nH]2)cc1. The van der Waals surface area contributed by atoms with E-state index in [0.29, 0.717) is 18.1 Å². The summed E-state index contributed by atoms with van der Waals surface area (Å²) in [6, 6.07) is 16.0. The zero-order chi connectivity index (χ0) is 27.6. The number of nitrogens with one attached hydrogen (secondary N) is 1. The molecule has 0 aliphatic rings. The Morgan fingerprint density at radius 3 is 2.49 bits per heavy atom. The van der Waals surface area contributed by atoms with Crippen molar-refractivity contribution in [3.05, 3.63) is 94.4 Å². The van der Waals surface area contributed by atoms with Crippen LogP contribution < -0.4 is 10.4 Å². The quantitative estimate of drug-likeness (QED) is 0.300. The second-order valence-electron chi connectivity index (χ2n) is 10.6. The Hall–Kier alpha value is -4.53. The molecule has 0 radical (unpaired) electrons. The maximum absolute atomic E-state index is 13.9. The lowest BCUT2D eigenvalue weighted by atomic mass is 9.85. The Morgan fingerprint density at radius 1 is 1.03 bits per heavy atom. The molecule has 0 bridgehead atoms. The van der Waals surface area contributed by atoms with Crippen LogP contribution >= 0.6 is 0 Å². The molecule has 0 aliphatic heterocycles. The van der Waals surface area contributed by atoms with Crippen molar-refractivity contribution in [1.29, 1.82) is 0 Å². The lowest BCUT2D eigenvalue weighted by Gasteiger charge is -2.24. The molecule has 0 aliphatic carbocycles. The molecule has 3 heterocycles. The van der Waals surface area contributed by atoms with Crippen molar-refractivity contribution in [3.63, 3.8) is 0 Å². The van der Waals surface area contributed by atoms with E-state index in [2.05, 4.69) is 59.4 Å². The van der Waals surface area contributed by atoms with Crippen LogP contribution in [-0.2, 0) is 18.4 Å². The zero-order valence-electron chi connectivity index (χ0n) is 23.0. The van der Waals surface area contributed by atoms with Crippen molar-refractivity contribution >= 4 is 0 Å². The molecule has 0 saturated heterocycles. The predicted molar refractivity (Wildman–Crippen MR) is 151 cm³/mol. The van der Waals surface area contributed by atoms with E-state index in [0.717, 1.165) is 52.0 Å². The molecule has 0 spiro atoms. The molecule has 0 unspecified atom stereocenters. The van der Waals surface area contributed by atoms with Crippen LogP contribution in [0, 0.1) is 0 Å². The van der Waals surface area contributed by atoms with Gasteiger partial charge in [-0.15, -0.1) is 5.10 Å². The van der Waals surface area contributed by atoms with Crippen LogP contribution in [0.4, 0.5) is 0 Å². The van der Waals surface area contributed by atoms with Gasteiger partial charge < -0.3 is 4.74 Å². The van der Waals surface area contributed by atoms with Crippen LogP contribution in [0.5, 0.6) is 5.75 Å². The Balaban J connectivity index is 1.53. The van der Waals surface area contributed by atoms with E-state index in [-0.39, 0.29) is 11.1 Å². The first-order valence-corrected chi connectivity index (χ1v) is 13.1. The number of para-hydroxylation sites is 1. The van der Waals surface area contributed by atoms with Crippen molar-refractivity contribution < 1.29 is 4.74 Å². The first-order valence-electron chi connectivity index (χ1n) is 13.1. The highest BCUT2D eigenvalue weighted by Gasteiger charge is 2.24. The zero-order valence-corrected chi connectivity index (χ0v) is 23.0. The summed E-state index contributed by atoms with van der Waals surface area (Å²) < 4.78 is 9.35. The highest BCUT2D eigenvalue weighted by atomic mass is 16.5. The number of ether oxygens (including phenoxy) is 1. The van der Waals surface area contributed by atoms with E-state index in [4.69, 9.17) is 4.74 Å². The van der Waals surface area contributed by atoms with E-state index in [1.54, 1.807) is 24.1 Å². The molecular formula is C30H33N7O2. The largest absolute Gasteiger partial charge is 0.495 e. The fourth-order valence-electron chi connectivity index (χ4n) is 4.93. The summed E-state index contributed by atoms with van der Waals surface area (Å²) >= 11 is 0. The van der Waals surface area contributed by atoms with Crippen LogP contribution in [0.25, 0.3) is 28.2 Å². The van der Waals surface area contributed by atoms with Gasteiger partial charge in [-0.25, -0.2) is 9.89 Å². The molecule has 9 heteroatoms. The van der Waals surface area contributed by atoms with E-state index in [1.807, 2.05) is 53.2 Å². The number of aromatic nitrogens is 7. The number of tetrazole rings is 1. The van der Waals surface area contributed by atoms with Crippen molar-refractivity contribution in [2.45, 2.75) is 52.5 Å². The monoisotopic (exact) mass is 523 g/mol. The fourth-order valence-corrected chi connectivity index (χ4v) is 4.93. The summed E-state index contributed by atoms with van der Waals surface area (Å²) in [4.78, 5) is 18.2. The van der Waals surface area contributed by atoms with Crippen molar-refractivity contribution in [1.82, 2.24) is 34.7 Å². The number of methoxy groups -OCH3 is 1. The molecule has 1 N–H and O–H groups in total. The minimum atomic E-state index is -0.168. The van der Waals surface area contributed by atoms with Crippen LogP contribution in [0.1, 0.15) is 50.9 Å². The van der Waals surface area contributed by atoms with Crippen molar-refractivity contribution in [3.8, 4) is 34.0 Å². The smallest absolute Gasteiger partial charge is 0.333 e. The number of benzene rings is 2. The molecule has 3 aromatic heterocycles. The molecule has 0 fully saturated rings. The number of aryl methyl sites for hydroxylation is 1. The minimum Gasteiger partial charge on any atom is -0.495 e. The van der Waals surface area contributed by atoms with Gasteiger partial charge >= 0.3 is 5.69 Å². The Bertz CT molecular complexity index is 1630. The van der Waals surface area contributed by atoms with E-state index in [1.165, 1.54) is 0 Å². The number of nitrogens with zero attached hydrogens (tertiary/aromatic N) is 6. The topological polar surface area (TPSA) is 104 Å². The number of rotatable bonds is 8. The molecule has 0 atom stereocenters. The molecule has 2 aromatic carbocycles.